The van der Waals surface area contributed by atoms with E-state index in [1.54, 1.807) is 0 Å². The van der Waals surface area contributed by atoms with E-state index in [-0.39, 0.29) is 0 Å². The van der Waals surface area contributed by atoms with Gasteiger partial charge in [0.1, 0.15) is 5.60 Å². The Morgan fingerprint density at radius 3 is 2.30 bits per heavy atom. The van der Waals surface area contributed by atoms with Crippen LogP contribution < -0.4 is 16.4 Å². The Balaban J connectivity index is 2.55. The Bertz CT molecular complexity index is 407. The number of rotatable bonds is 7. The lowest BCUT2D eigenvalue weighted by atomic mass is 9.85. The predicted octanol–water partition coefficient (Wildman–Crippen LogP) is 2.77. The Labute approximate surface area is 140 Å². The molecule has 0 radical (unpaired) electrons. The van der Waals surface area contributed by atoms with E-state index < -0.39 is 17.2 Å². The fourth-order valence-electron chi connectivity index (χ4n) is 2.45. The third-order valence-electron chi connectivity index (χ3n) is 4.47. The van der Waals surface area contributed by atoms with E-state index in [1.165, 1.54) is 19.3 Å². The number of aliphatic imine (C=N–C) groups is 1. The van der Waals surface area contributed by atoms with Crippen molar-refractivity contribution in [3.8, 4) is 0 Å². The highest BCUT2D eigenvalue weighted by atomic mass is 16.6. The van der Waals surface area contributed by atoms with Gasteiger partial charge in [0.15, 0.2) is 5.96 Å². The summed E-state index contributed by atoms with van der Waals surface area (Å²) in [5.74, 6) is 1.18. The van der Waals surface area contributed by atoms with Gasteiger partial charge < -0.3 is 21.1 Å². The van der Waals surface area contributed by atoms with Gasteiger partial charge in [-0.25, -0.2) is 4.79 Å². The van der Waals surface area contributed by atoms with Crippen molar-refractivity contribution in [2.45, 2.75) is 77.9 Å². The molecule has 4 N–H and O–H groups in total. The van der Waals surface area contributed by atoms with Gasteiger partial charge in [0.05, 0.1) is 12.1 Å². The molecule has 0 aliphatic heterocycles. The summed E-state index contributed by atoms with van der Waals surface area (Å²) in [5.41, 5.74) is 5.01. The lowest BCUT2D eigenvalue weighted by Gasteiger charge is -2.32. The van der Waals surface area contributed by atoms with Crippen molar-refractivity contribution in [2.75, 3.05) is 13.1 Å². The minimum atomic E-state index is -0.510. The van der Waals surface area contributed by atoms with E-state index >= 15 is 0 Å². The summed E-state index contributed by atoms with van der Waals surface area (Å²) in [4.78, 5) is 16.5. The van der Waals surface area contributed by atoms with E-state index in [0.717, 1.165) is 25.3 Å². The molecule has 134 valence electrons. The van der Waals surface area contributed by atoms with Crippen molar-refractivity contribution in [3.05, 3.63) is 0 Å². The molecule has 0 spiro atoms. The first-order valence-electron chi connectivity index (χ1n) is 8.74. The lowest BCUT2D eigenvalue weighted by Crippen LogP contribution is -2.52. The molecule has 0 atom stereocenters. The number of nitrogens with zero attached hydrogens (tertiary/aromatic N) is 1. The van der Waals surface area contributed by atoms with Crippen LogP contribution in [0.3, 0.4) is 0 Å². The zero-order valence-corrected chi connectivity index (χ0v) is 15.4. The number of hydrogen-bond donors (Lipinski definition) is 3. The summed E-state index contributed by atoms with van der Waals surface area (Å²) in [7, 11) is 0. The first-order chi connectivity index (χ1) is 10.7. The minimum absolute atomic E-state index is 0.405. The van der Waals surface area contributed by atoms with Gasteiger partial charge in [-0.15, -0.1) is 0 Å². The molecule has 1 amide bonds. The van der Waals surface area contributed by atoms with Crippen molar-refractivity contribution in [1.29, 1.82) is 0 Å². The summed E-state index contributed by atoms with van der Waals surface area (Å²) >= 11 is 0. The van der Waals surface area contributed by atoms with Crippen LogP contribution in [0.4, 0.5) is 4.79 Å². The maximum atomic E-state index is 12.1. The van der Waals surface area contributed by atoms with Gasteiger partial charge in [-0.05, 0) is 52.4 Å². The fourth-order valence-corrected chi connectivity index (χ4v) is 2.45. The lowest BCUT2D eigenvalue weighted by molar-refractivity contribution is 0.0452. The first-order valence-corrected chi connectivity index (χ1v) is 8.74. The second kappa shape index (κ2) is 8.41. The fraction of sp³-hybridized carbons (Fsp3) is 0.882. The Kier molecular flexibility index (Phi) is 7.16. The number of nitrogens with two attached hydrogens (primary N) is 1. The molecule has 6 nitrogen and oxygen atoms in total. The van der Waals surface area contributed by atoms with Crippen molar-refractivity contribution in [2.24, 2.45) is 16.6 Å². The van der Waals surface area contributed by atoms with Crippen LogP contribution in [0.15, 0.2) is 4.99 Å². The van der Waals surface area contributed by atoms with Crippen LogP contribution in [0.1, 0.15) is 66.7 Å². The summed E-state index contributed by atoms with van der Waals surface area (Å²) in [6, 6.07) is 0. The topological polar surface area (TPSA) is 88.7 Å². The Morgan fingerprint density at radius 1 is 1.26 bits per heavy atom. The summed E-state index contributed by atoms with van der Waals surface area (Å²) < 4.78 is 5.36. The van der Waals surface area contributed by atoms with E-state index in [4.69, 9.17) is 10.5 Å². The van der Waals surface area contributed by atoms with Crippen molar-refractivity contribution >= 4 is 12.1 Å². The molecule has 23 heavy (non-hydrogen) atoms. The number of guanidine groups is 1. The van der Waals surface area contributed by atoms with Crippen molar-refractivity contribution in [3.63, 3.8) is 0 Å². The monoisotopic (exact) mass is 326 g/mol. The van der Waals surface area contributed by atoms with E-state index in [2.05, 4.69) is 15.6 Å². The molecule has 1 fully saturated rings. The Hall–Kier alpha value is -1.46. The molecule has 0 aromatic rings. The molecule has 1 rings (SSSR count). The molecule has 0 bridgehead atoms. The maximum absolute atomic E-state index is 12.1. The number of amides is 1. The second-order valence-corrected chi connectivity index (χ2v) is 7.49. The molecule has 0 aromatic heterocycles. The van der Waals surface area contributed by atoms with Gasteiger partial charge in [-0.2, -0.15) is 0 Å². The second-order valence-electron chi connectivity index (χ2n) is 7.49. The number of alkyl carbamates (subject to hydrolysis) is 1. The normalized spacial score (nSPS) is 16.7. The largest absolute Gasteiger partial charge is 0.444 e. The van der Waals surface area contributed by atoms with Gasteiger partial charge in [0.2, 0.25) is 0 Å². The third-order valence-corrected chi connectivity index (χ3v) is 4.47. The average Bonchev–Trinajstić information content (AvgIpc) is 2.40. The highest BCUT2D eigenvalue weighted by Gasteiger charge is 2.30. The van der Waals surface area contributed by atoms with Gasteiger partial charge >= 0.3 is 6.09 Å². The molecule has 1 aliphatic rings. The molecule has 0 heterocycles. The molecule has 0 saturated heterocycles. The number of ether oxygens (including phenoxy) is 1. The number of carbonyl (C=O) groups excluding carboxylic acids is 1. The van der Waals surface area contributed by atoms with Crippen molar-refractivity contribution in [1.82, 2.24) is 10.6 Å². The number of hydrogen-bond acceptors (Lipinski definition) is 3. The third kappa shape index (κ3) is 7.10. The molecule has 0 unspecified atom stereocenters. The molecule has 0 aromatic carbocycles. The zero-order valence-electron chi connectivity index (χ0n) is 15.4. The molecular formula is C17H34N4O2. The number of nitrogens with one attached hydrogen (secondary N) is 2. The molecule has 1 saturated carbocycles. The highest BCUT2D eigenvalue weighted by Crippen LogP contribution is 2.25. The van der Waals surface area contributed by atoms with E-state index in [0.29, 0.717) is 12.5 Å². The molecular weight excluding hydrogens is 292 g/mol. The van der Waals surface area contributed by atoms with Gasteiger partial charge in [0.25, 0.3) is 0 Å². The van der Waals surface area contributed by atoms with Crippen molar-refractivity contribution < 1.29 is 9.53 Å². The molecule has 6 heteroatoms. The summed E-state index contributed by atoms with van der Waals surface area (Å²) in [6.07, 6.45) is 4.99. The highest BCUT2D eigenvalue weighted by molar-refractivity contribution is 5.78. The standard InChI is InChI=1S/C17H34N4O2/c1-6-17(7-2,21-15(22)23-16(3,4)5)12-20-14(18)19-11-13-9-8-10-13/h13H,6-12H2,1-5H3,(H,21,22)(H3,18,19,20). The van der Waals surface area contributed by atoms with E-state index in [9.17, 15) is 4.79 Å². The average molecular weight is 326 g/mol. The SMILES string of the molecule is CCC(CC)(CN=C(N)NCC1CCC1)NC(=O)OC(C)(C)C. The van der Waals surface area contributed by atoms with Gasteiger partial charge in [-0.3, -0.25) is 4.99 Å². The van der Waals surface area contributed by atoms with Gasteiger partial charge in [0, 0.05) is 6.54 Å². The van der Waals surface area contributed by atoms with Crippen LogP contribution in [-0.4, -0.2) is 36.3 Å². The van der Waals surface area contributed by atoms with Crippen LogP contribution >= 0.6 is 0 Å². The smallest absolute Gasteiger partial charge is 0.408 e. The Morgan fingerprint density at radius 2 is 1.87 bits per heavy atom. The summed E-state index contributed by atoms with van der Waals surface area (Å²) in [5, 5.41) is 6.16. The number of carbonyl (C=O) groups is 1. The van der Waals surface area contributed by atoms with Gasteiger partial charge in [-0.1, -0.05) is 20.3 Å². The van der Waals surface area contributed by atoms with Crippen LogP contribution in [0.5, 0.6) is 0 Å². The zero-order chi connectivity index (χ0) is 17.5. The minimum Gasteiger partial charge on any atom is -0.444 e. The maximum Gasteiger partial charge on any atom is 0.408 e. The van der Waals surface area contributed by atoms with Crippen LogP contribution in [0, 0.1) is 5.92 Å². The summed E-state index contributed by atoms with van der Waals surface area (Å²) in [6.45, 7) is 11.0. The van der Waals surface area contributed by atoms with E-state index in [1.807, 2.05) is 34.6 Å². The van der Waals surface area contributed by atoms with Crippen LogP contribution in [-0.2, 0) is 4.74 Å². The molecule has 1 aliphatic carbocycles. The first kappa shape index (κ1) is 19.6. The van der Waals surface area contributed by atoms with Crippen LogP contribution in [0.2, 0.25) is 0 Å². The quantitative estimate of drug-likeness (QED) is 0.496. The predicted molar refractivity (Wildman–Crippen MR) is 94.5 cm³/mol. The van der Waals surface area contributed by atoms with Crippen LogP contribution in [0.25, 0.3) is 0 Å².